The molecule has 0 radical (unpaired) electrons. The van der Waals surface area contributed by atoms with Crippen LogP contribution in [0.15, 0.2) is 51.8 Å². The highest BCUT2D eigenvalue weighted by Gasteiger charge is 2.25. The number of rotatable bonds is 6. The largest absolute Gasteiger partial charge is 0.465 e. The molecule has 0 aliphatic carbocycles. The Balaban J connectivity index is 2.31. The topological polar surface area (TPSA) is 84.8 Å². The zero-order valence-corrected chi connectivity index (χ0v) is 14.1. The van der Waals surface area contributed by atoms with Crippen LogP contribution in [0.4, 0.5) is 0 Å². The highest BCUT2D eigenvalue weighted by Crippen LogP contribution is 2.15. The Bertz CT molecular complexity index is 739. The molecule has 0 atom stereocenters. The maximum absolute atomic E-state index is 11.5. The van der Waals surface area contributed by atoms with Crippen molar-refractivity contribution in [2.24, 2.45) is 4.99 Å². The fourth-order valence-corrected chi connectivity index (χ4v) is 2.29. The highest BCUT2D eigenvalue weighted by atomic mass is 35.5. The molecule has 0 amide bonds. The molecule has 0 fully saturated rings. The molecule has 0 unspecified atom stereocenters. The molecule has 0 saturated carbocycles. The summed E-state index contributed by atoms with van der Waals surface area (Å²) in [6.45, 7) is 2.87. The Labute approximate surface area is 144 Å². The summed E-state index contributed by atoms with van der Waals surface area (Å²) in [4.78, 5) is 21.0. The number of hydrogen-bond donors (Lipinski definition) is 0. The molecule has 0 bridgehead atoms. The fourth-order valence-electron chi connectivity index (χ4n) is 2.18. The molecule has 0 saturated heterocycles. The molecule has 2 aromatic heterocycles. The third-order valence-electron chi connectivity index (χ3n) is 3.30. The van der Waals surface area contributed by atoms with Gasteiger partial charge < -0.3 is 9.32 Å². The molecule has 2 rings (SSSR count). The van der Waals surface area contributed by atoms with Crippen molar-refractivity contribution in [2.75, 3.05) is 13.6 Å². The average molecular weight is 349 g/mol. The monoisotopic (exact) mass is 348 g/mol. The molecule has 2 aromatic rings. The number of pyridine rings is 1. The van der Waals surface area contributed by atoms with E-state index in [2.05, 4.69) is 9.98 Å². The van der Waals surface area contributed by atoms with Crippen LogP contribution in [0.1, 0.15) is 18.2 Å². The third kappa shape index (κ3) is 4.42. The molecular formula is C16H17ClN4O3. The molecule has 0 N–H and O–H groups in total. The number of hydrogen-bond acceptors (Lipinski definition) is 5. The molecule has 126 valence electrons. The molecule has 0 aromatic carbocycles. The van der Waals surface area contributed by atoms with Gasteiger partial charge in [0.15, 0.2) is 0 Å². The van der Waals surface area contributed by atoms with E-state index < -0.39 is 4.92 Å². The quantitative estimate of drug-likeness (QED) is 0.262. The number of likely N-dealkylation sites (N-methyl/N-ethyl adjacent to an activating group) is 1. The van der Waals surface area contributed by atoms with Gasteiger partial charge in [0, 0.05) is 26.3 Å². The number of aliphatic imine (C=N–C) groups is 1. The van der Waals surface area contributed by atoms with E-state index in [9.17, 15) is 10.1 Å². The lowest BCUT2D eigenvalue weighted by Crippen LogP contribution is -2.34. The Morgan fingerprint density at radius 2 is 2.29 bits per heavy atom. The molecule has 0 aliphatic rings. The number of halogens is 1. The number of furan rings is 1. The lowest BCUT2D eigenvalue weighted by Gasteiger charge is -2.22. The Morgan fingerprint density at radius 1 is 1.50 bits per heavy atom. The first-order valence-corrected chi connectivity index (χ1v) is 7.65. The second-order valence-corrected chi connectivity index (χ2v) is 5.24. The predicted octanol–water partition coefficient (Wildman–Crippen LogP) is 3.50. The second kappa shape index (κ2) is 8.26. The van der Waals surface area contributed by atoms with E-state index in [4.69, 9.17) is 16.0 Å². The van der Waals surface area contributed by atoms with Crippen molar-refractivity contribution >= 4 is 23.5 Å². The van der Waals surface area contributed by atoms with Gasteiger partial charge in [-0.15, -0.1) is 0 Å². The van der Waals surface area contributed by atoms with E-state index in [1.807, 2.05) is 13.0 Å². The molecular weight excluding hydrogens is 332 g/mol. The van der Waals surface area contributed by atoms with Crippen molar-refractivity contribution in [1.82, 2.24) is 9.88 Å². The summed E-state index contributed by atoms with van der Waals surface area (Å²) in [7, 11) is 1.53. The molecule has 2 heterocycles. The highest BCUT2D eigenvalue weighted by molar-refractivity contribution is 6.29. The molecule has 7 nitrogen and oxygen atoms in total. The lowest BCUT2D eigenvalue weighted by molar-refractivity contribution is -0.414. The van der Waals surface area contributed by atoms with Crippen molar-refractivity contribution in [3.05, 3.63) is 69.0 Å². The maximum atomic E-state index is 11.5. The van der Waals surface area contributed by atoms with E-state index in [-0.39, 0.29) is 11.5 Å². The number of aromatic nitrogens is 1. The minimum Gasteiger partial charge on any atom is -0.465 e. The van der Waals surface area contributed by atoms with Crippen molar-refractivity contribution in [3.63, 3.8) is 0 Å². The molecule has 0 spiro atoms. The summed E-state index contributed by atoms with van der Waals surface area (Å²) in [5.74, 6) is 0.668. The first-order chi connectivity index (χ1) is 11.5. The van der Waals surface area contributed by atoms with E-state index >= 15 is 0 Å². The van der Waals surface area contributed by atoms with Crippen LogP contribution in [-0.2, 0) is 6.54 Å². The average Bonchev–Trinajstić information content (AvgIpc) is 3.08. The second-order valence-electron chi connectivity index (χ2n) is 4.85. The van der Waals surface area contributed by atoms with Crippen molar-refractivity contribution in [3.8, 4) is 0 Å². The van der Waals surface area contributed by atoms with E-state index in [0.717, 1.165) is 5.56 Å². The zero-order chi connectivity index (χ0) is 17.5. The molecule has 0 aliphatic heterocycles. The lowest BCUT2D eigenvalue weighted by atomic mass is 10.2. The van der Waals surface area contributed by atoms with E-state index in [1.54, 1.807) is 29.3 Å². The summed E-state index contributed by atoms with van der Waals surface area (Å²) in [6, 6.07) is 6.83. The van der Waals surface area contributed by atoms with Gasteiger partial charge in [-0.3, -0.25) is 15.1 Å². The van der Waals surface area contributed by atoms with E-state index in [0.29, 0.717) is 24.0 Å². The van der Waals surface area contributed by atoms with Gasteiger partial charge in [-0.05, 0) is 30.7 Å². The van der Waals surface area contributed by atoms with Gasteiger partial charge in [0.25, 0.3) is 0 Å². The Kier molecular flexibility index (Phi) is 6.08. The number of nitrogens with zero attached hydrogens (tertiary/aromatic N) is 4. The summed E-state index contributed by atoms with van der Waals surface area (Å²) in [5, 5.41) is 11.9. The first kappa shape index (κ1) is 17.7. The summed E-state index contributed by atoms with van der Waals surface area (Å²) < 4.78 is 5.17. The Hall–Kier alpha value is -2.67. The van der Waals surface area contributed by atoms with Crippen molar-refractivity contribution in [2.45, 2.75) is 13.5 Å². The van der Waals surface area contributed by atoms with Gasteiger partial charge >= 0.3 is 5.70 Å². The summed E-state index contributed by atoms with van der Waals surface area (Å²) in [6.07, 6.45) is 4.47. The van der Waals surface area contributed by atoms with Gasteiger partial charge in [0.1, 0.15) is 10.9 Å². The van der Waals surface area contributed by atoms with Gasteiger partial charge in [0.2, 0.25) is 5.84 Å². The molecule has 8 heteroatoms. The van der Waals surface area contributed by atoms with Gasteiger partial charge in [-0.1, -0.05) is 17.7 Å². The standard InChI is InChI=1S/C16H17ClN4O3/c1-3-20(11-12-6-7-15(17)19-10-12)16(18-2)14(21(22)23)9-13-5-4-8-24-13/h4-10H,3,11H2,1-2H3/b14-9+,18-16?. The minimum atomic E-state index is -0.465. The smallest absolute Gasteiger partial charge is 0.314 e. The summed E-state index contributed by atoms with van der Waals surface area (Å²) in [5.41, 5.74) is 0.749. The SMILES string of the molecule is CCN(Cc1ccc(Cl)nc1)C(=NC)/C(=C\c1ccco1)[N+](=O)[O-]. The van der Waals surface area contributed by atoms with Crippen LogP contribution in [-0.4, -0.2) is 34.2 Å². The van der Waals surface area contributed by atoms with Crippen LogP contribution in [0, 0.1) is 10.1 Å². The minimum absolute atomic E-state index is 0.128. The van der Waals surface area contributed by atoms with Gasteiger partial charge in [-0.25, -0.2) is 4.98 Å². The van der Waals surface area contributed by atoms with Gasteiger partial charge in [0.05, 0.1) is 17.3 Å². The normalized spacial score (nSPS) is 12.3. The summed E-state index contributed by atoms with van der Waals surface area (Å²) >= 11 is 5.79. The van der Waals surface area contributed by atoms with Crippen LogP contribution in [0.25, 0.3) is 6.08 Å². The zero-order valence-electron chi connectivity index (χ0n) is 13.3. The van der Waals surface area contributed by atoms with Crippen molar-refractivity contribution in [1.29, 1.82) is 0 Å². The van der Waals surface area contributed by atoms with Crippen LogP contribution in [0.3, 0.4) is 0 Å². The fraction of sp³-hybridized carbons (Fsp3) is 0.250. The molecule has 24 heavy (non-hydrogen) atoms. The van der Waals surface area contributed by atoms with E-state index in [1.165, 1.54) is 19.4 Å². The van der Waals surface area contributed by atoms with Crippen LogP contribution >= 0.6 is 11.6 Å². The van der Waals surface area contributed by atoms with Crippen LogP contribution in [0.2, 0.25) is 5.15 Å². The van der Waals surface area contributed by atoms with Gasteiger partial charge in [-0.2, -0.15) is 0 Å². The first-order valence-electron chi connectivity index (χ1n) is 7.27. The number of amidine groups is 1. The van der Waals surface area contributed by atoms with Crippen LogP contribution in [0.5, 0.6) is 0 Å². The third-order valence-corrected chi connectivity index (χ3v) is 3.53. The predicted molar refractivity (Wildman–Crippen MR) is 92.4 cm³/mol. The Morgan fingerprint density at radius 3 is 2.79 bits per heavy atom. The maximum Gasteiger partial charge on any atom is 0.314 e. The number of nitro groups is 1. The van der Waals surface area contributed by atoms with Crippen molar-refractivity contribution < 1.29 is 9.34 Å². The van der Waals surface area contributed by atoms with Crippen LogP contribution < -0.4 is 0 Å².